The topological polar surface area (TPSA) is 135 Å². The summed E-state index contributed by atoms with van der Waals surface area (Å²) in [6, 6.07) is 8.79. The van der Waals surface area contributed by atoms with E-state index in [1.807, 2.05) is 51.1 Å². The van der Waals surface area contributed by atoms with Gasteiger partial charge in [-0.15, -0.1) is 0 Å². The first kappa shape index (κ1) is 29.5. The first-order valence-corrected chi connectivity index (χ1v) is 16.2. The zero-order valence-corrected chi connectivity index (χ0v) is 27.3. The molecule has 3 aliphatic rings. The highest BCUT2D eigenvalue weighted by molar-refractivity contribution is 9.10. The number of aromatic nitrogens is 5. The summed E-state index contributed by atoms with van der Waals surface area (Å²) in [5.41, 5.74) is 3.33. The number of amides is 3. The maximum absolute atomic E-state index is 14.0. The number of piperidine rings is 1. The predicted octanol–water partition coefficient (Wildman–Crippen LogP) is 4.81. The monoisotopic (exact) mass is 670 g/mol. The van der Waals surface area contributed by atoms with Gasteiger partial charge >= 0.3 is 0 Å². The van der Waals surface area contributed by atoms with E-state index in [-0.39, 0.29) is 47.5 Å². The van der Waals surface area contributed by atoms with Gasteiger partial charge in [0.05, 0.1) is 5.52 Å². The van der Waals surface area contributed by atoms with Crippen molar-refractivity contribution in [3.05, 3.63) is 64.4 Å². The molecule has 12 heteroatoms. The number of hydrogen-bond donors (Lipinski definition) is 2. The summed E-state index contributed by atoms with van der Waals surface area (Å²) < 4.78 is 2.21. The molecule has 2 N–H and O–H groups in total. The van der Waals surface area contributed by atoms with Crippen LogP contribution in [0.3, 0.4) is 0 Å². The second-order valence-electron chi connectivity index (χ2n) is 13.0. The summed E-state index contributed by atoms with van der Waals surface area (Å²) in [5.74, 6) is 0.883. The Balaban J connectivity index is 1.19. The number of aryl methyl sites for hydroxylation is 2. The molecular formula is C33H35BrN8O3. The number of anilines is 1. The van der Waals surface area contributed by atoms with Gasteiger partial charge in [-0.25, -0.2) is 15.0 Å². The van der Waals surface area contributed by atoms with Crippen LogP contribution in [-0.2, 0) is 16.1 Å². The molecule has 3 aromatic heterocycles. The molecule has 0 spiro atoms. The molecule has 4 atom stereocenters. The standard InChI is InChI=1S/C33H35BrN8O3/c1-17-5-10-27(34)38-30(17)39-31(44)25-12-33(4)13-26(33)42(25)28(43)16-41-24-9-8-21(22-14-35-19(3)36-15-22)11-23(24)29(40-41)32(45)37-18(2)20-6-7-20/h5,8-11,14-15,18,20,25-26H,6-7,12-13,16H2,1-4H3,(H,37,45)(H,38,39,44)/t18?,25-,26+,33-/m0/s1. The molecule has 3 fully saturated rings. The van der Waals surface area contributed by atoms with Crippen LogP contribution in [0, 0.1) is 25.2 Å². The van der Waals surface area contributed by atoms with E-state index < -0.39 is 6.04 Å². The number of rotatable bonds is 8. The Bertz CT molecular complexity index is 1850. The molecule has 1 saturated heterocycles. The molecule has 4 heterocycles. The van der Waals surface area contributed by atoms with E-state index in [2.05, 4.69) is 48.4 Å². The number of carbonyl (C=O) groups is 3. The molecule has 1 aromatic carbocycles. The van der Waals surface area contributed by atoms with Crippen molar-refractivity contribution in [2.75, 3.05) is 5.32 Å². The van der Waals surface area contributed by atoms with Crippen LogP contribution in [0.4, 0.5) is 5.82 Å². The van der Waals surface area contributed by atoms with Gasteiger partial charge in [0.25, 0.3) is 5.91 Å². The number of hydrogen-bond acceptors (Lipinski definition) is 7. The van der Waals surface area contributed by atoms with Crippen molar-refractivity contribution in [3.63, 3.8) is 0 Å². The third kappa shape index (κ3) is 5.60. The van der Waals surface area contributed by atoms with Crippen molar-refractivity contribution in [2.24, 2.45) is 11.3 Å². The predicted molar refractivity (Wildman–Crippen MR) is 172 cm³/mol. The van der Waals surface area contributed by atoms with Crippen LogP contribution in [0.25, 0.3) is 22.0 Å². The molecule has 2 saturated carbocycles. The van der Waals surface area contributed by atoms with Crippen molar-refractivity contribution in [1.82, 2.24) is 34.9 Å². The van der Waals surface area contributed by atoms with Gasteiger partial charge in [-0.05, 0) is 103 Å². The number of likely N-dealkylation sites (tertiary alicyclic amines) is 1. The van der Waals surface area contributed by atoms with Crippen molar-refractivity contribution < 1.29 is 14.4 Å². The molecular weight excluding hydrogens is 636 g/mol. The van der Waals surface area contributed by atoms with Gasteiger partial charge in [0.15, 0.2) is 5.69 Å². The second kappa shape index (κ2) is 11.0. The minimum absolute atomic E-state index is 0.0190. The molecule has 45 heavy (non-hydrogen) atoms. The lowest BCUT2D eigenvalue weighted by Crippen LogP contribution is -2.47. The number of pyridine rings is 1. The largest absolute Gasteiger partial charge is 0.348 e. The van der Waals surface area contributed by atoms with E-state index in [1.165, 1.54) is 0 Å². The lowest BCUT2D eigenvalue weighted by atomic mass is 10.0. The fraction of sp³-hybridized carbons (Fsp3) is 0.424. The van der Waals surface area contributed by atoms with Gasteiger partial charge in [0, 0.05) is 35.4 Å². The Morgan fingerprint density at radius 3 is 2.56 bits per heavy atom. The Kier molecular flexibility index (Phi) is 7.22. The Hall–Kier alpha value is -4.19. The number of nitrogens with one attached hydrogen (secondary N) is 2. The number of carbonyl (C=O) groups excluding carboxylic acids is 3. The molecule has 7 rings (SSSR count). The van der Waals surface area contributed by atoms with Gasteiger partial charge < -0.3 is 15.5 Å². The van der Waals surface area contributed by atoms with Crippen molar-refractivity contribution in [2.45, 2.75) is 78.0 Å². The van der Waals surface area contributed by atoms with Crippen LogP contribution >= 0.6 is 15.9 Å². The van der Waals surface area contributed by atoms with Crippen molar-refractivity contribution in [1.29, 1.82) is 0 Å². The average Bonchev–Trinajstić information content (AvgIpc) is 3.91. The molecule has 1 unspecified atom stereocenters. The van der Waals surface area contributed by atoms with Crippen LogP contribution in [0.2, 0.25) is 0 Å². The Morgan fingerprint density at radius 2 is 1.82 bits per heavy atom. The maximum Gasteiger partial charge on any atom is 0.272 e. The molecule has 1 aliphatic heterocycles. The number of fused-ring (bicyclic) bond motifs is 2. The third-order valence-electron chi connectivity index (χ3n) is 9.58. The molecule has 11 nitrogen and oxygen atoms in total. The van der Waals surface area contributed by atoms with E-state index in [0.717, 1.165) is 36.0 Å². The molecule has 3 amide bonds. The second-order valence-corrected chi connectivity index (χ2v) is 13.9. The van der Waals surface area contributed by atoms with Crippen LogP contribution in [0.1, 0.15) is 61.4 Å². The third-order valence-corrected chi connectivity index (χ3v) is 10.0. The van der Waals surface area contributed by atoms with Crippen molar-refractivity contribution >= 4 is 50.4 Å². The fourth-order valence-electron chi connectivity index (χ4n) is 6.58. The maximum atomic E-state index is 14.0. The van der Waals surface area contributed by atoms with Gasteiger partial charge in [-0.1, -0.05) is 19.1 Å². The molecule has 232 valence electrons. The minimum atomic E-state index is -0.626. The number of halogens is 1. The summed E-state index contributed by atoms with van der Waals surface area (Å²) >= 11 is 3.37. The van der Waals surface area contributed by atoms with Crippen molar-refractivity contribution in [3.8, 4) is 11.1 Å². The smallest absolute Gasteiger partial charge is 0.272 e. The van der Waals surface area contributed by atoms with E-state index in [1.54, 1.807) is 22.0 Å². The van der Waals surface area contributed by atoms with E-state index in [4.69, 9.17) is 5.10 Å². The van der Waals surface area contributed by atoms with Crippen LogP contribution in [0.5, 0.6) is 0 Å². The lowest BCUT2D eigenvalue weighted by Gasteiger charge is -2.27. The average molecular weight is 672 g/mol. The zero-order valence-electron chi connectivity index (χ0n) is 25.7. The summed E-state index contributed by atoms with van der Waals surface area (Å²) in [5, 5.41) is 11.4. The van der Waals surface area contributed by atoms with Gasteiger partial charge in [0.1, 0.15) is 28.8 Å². The lowest BCUT2D eigenvalue weighted by molar-refractivity contribution is -0.138. The van der Waals surface area contributed by atoms with Gasteiger partial charge in [-0.2, -0.15) is 5.10 Å². The van der Waals surface area contributed by atoms with Gasteiger partial charge in [-0.3, -0.25) is 19.1 Å². The van der Waals surface area contributed by atoms with Crippen LogP contribution < -0.4 is 10.6 Å². The SMILES string of the molecule is Cc1ncc(-c2ccc3c(c2)c(C(=O)NC(C)C2CC2)nn3CC(=O)N2[C@H](C(=O)Nc3nc(Br)ccc3C)C[C@@]3(C)C[C@@H]23)cn1. The van der Waals surface area contributed by atoms with E-state index >= 15 is 0 Å². The quantitative estimate of drug-likeness (QED) is 0.257. The first-order valence-electron chi connectivity index (χ1n) is 15.4. The van der Waals surface area contributed by atoms with Gasteiger partial charge in [0.2, 0.25) is 11.8 Å². The fourth-order valence-corrected chi connectivity index (χ4v) is 6.89. The highest BCUT2D eigenvalue weighted by Gasteiger charge is 2.64. The summed E-state index contributed by atoms with van der Waals surface area (Å²) in [4.78, 5) is 55.9. The number of nitrogens with zero attached hydrogens (tertiary/aromatic N) is 6. The zero-order chi connectivity index (χ0) is 31.6. The van der Waals surface area contributed by atoms with E-state index in [0.29, 0.717) is 39.5 Å². The molecule has 4 aromatic rings. The van der Waals surface area contributed by atoms with E-state index in [9.17, 15) is 14.4 Å². The molecule has 0 bridgehead atoms. The first-order chi connectivity index (χ1) is 21.5. The normalized spacial score (nSPS) is 22.6. The molecule has 0 radical (unpaired) electrons. The summed E-state index contributed by atoms with van der Waals surface area (Å²) in [6.45, 7) is 7.75. The Morgan fingerprint density at radius 1 is 1.07 bits per heavy atom. The minimum Gasteiger partial charge on any atom is -0.348 e. The highest BCUT2D eigenvalue weighted by atomic mass is 79.9. The number of benzene rings is 1. The molecule has 2 aliphatic carbocycles. The summed E-state index contributed by atoms with van der Waals surface area (Å²) in [7, 11) is 0. The van der Waals surface area contributed by atoms with Crippen LogP contribution in [-0.4, -0.2) is 65.5 Å². The van der Waals surface area contributed by atoms with Crippen LogP contribution in [0.15, 0.2) is 47.3 Å². The highest BCUT2D eigenvalue weighted by Crippen LogP contribution is 2.59. The summed E-state index contributed by atoms with van der Waals surface area (Å²) in [6.07, 6.45) is 7.14. The Labute approximate surface area is 269 Å².